The van der Waals surface area contributed by atoms with E-state index in [0.717, 1.165) is 0 Å². The summed E-state index contributed by atoms with van der Waals surface area (Å²) in [7, 11) is 0. The topological polar surface area (TPSA) is 102 Å². The van der Waals surface area contributed by atoms with Gasteiger partial charge >= 0.3 is 0 Å². The fourth-order valence-corrected chi connectivity index (χ4v) is 1.66. The Morgan fingerprint density at radius 3 is 2.27 bits per heavy atom. The zero-order valence-electron chi connectivity index (χ0n) is 8.87. The minimum absolute atomic E-state index is 0.0424. The molecule has 6 nitrogen and oxygen atoms in total. The molecule has 0 radical (unpaired) electrons. The van der Waals surface area contributed by atoms with Gasteiger partial charge in [0.15, 0.2) is 6.29 Å². The molecule has 6 heteroatoms. The summed E-state index contributed by atoms with van der Waals surface area (Å²) in [5.41, 5.74) is 0. The molecule has 1 heterocycles. The summed E-state index contributed by atoms with van der Waals surface area (Å²) in [5, 5.41) is 40.5. The normalized spacial score (nSPS) is 42.2. The lowest BCUT2D eigenvalue weighted by molar-refractivity contribution is -0.255. The largest absolute Gasteiger partial charge is 0.394 e. The molecule has 90 valence electrons. The van der Waals surface area contributed by atoms with Crippen molar-refractivity contribution in [2.75, 3.05) is 6.61 Å². The number of rotatable bonds is 3. The Kier molecular flexibility index (Phi) is 4.45. The fraction of sp³-hybridized carbons (Fsp3) is 1.00. The van der Waals surface area contributed by atoms with Crippen LogP contribution in [0.4, 0.5) is 0 Å². The van der Waals surface area contributed by atoms with Crippen molar-refractivity contribution in [3.8, 4) is 0 Å². The number of nitrogens with one attached hydrogen (secondary N) is 1. The minimum atomic E-state index is -1.23. The van der Waals surface area contributed by atoms with Crippen LogP contribution in [0.25, 0.3) is 0 Å². The lowest BCUT2D eigenvalue weighted by Crippen LogP contribution is -2.64. The molecule has 5 N–H and O–H groups in total. The maximum atomic E-state index is 9.69. The summed E-state index contributed by atoms with van der Waals surface area (Å²) in [6.45, 7) is 3.26. The molecular weight excluding hydrogens is 202 g/mol. The average Bonchev–Trinajstić information content (AvgIpc) is 2.18. The van der Waals surface area contributed by atoms with E-state index in [2.05, 4.69) is 5.32 Å². The Bertz CT molecular complexity index is 201. The molecule has 1 unspecified atom stereocenters. The van der Waals surface area contributed by atoms with Crippen molar-refractivity contribution in [3.05, 3.63) is 0 Å². The second-order valence-corrected chi connectivity index (χ2v) is 4.08. The Balaban J connectivity index is 2.66. The van der Waals surface area contributed by atoms with Crippen LogP contribution in [0.5, 0.6) is 0 Å². The van der Waals surface area contributed by atoms with Gasteiger partial charge in [0.1, 0.15) is 18.3 Å². The number of aliphatic hydroxyl groups excluding tert-OH is 4. The first kappa shape index (κ1) is 12.8. The highest BCUT2D eigenvalue weighted by Crippen LogP contribution is 2.19. The Hall–Kier alpha value is -0.240. The third-order valence-electron chi connectivity index (χ3n) is 2.43. The van der Waals surface area contributed by atoms with Crippen LogP contribution in [-0.4, -0.2) is 63.7 Å². The summed E-state index contributed by atoms with van der Waals surface area (Å²) in [4.78, 5) is 0. The fourth-order valence-electron chi connectivity index (χ4n) is 1.66. The highest BCUT2D eigenvalue weighted by molar-refractivity contribution is 4.93. The lowest BCUT2D eigenvalue weighted by Gasteiger charge is -2.41. The number of aliphatic hydroxyl groups is 4. The Morgan fingerprint density at radius 1 is 1.20 bits per heavy atom. The van der Waals surface area contributed by atoms with Crippen molar-refractivity contribution in [2.24, 2.45) is 0 Å². The molecule has 1 saturated heterocycles. The van der Waals surface area contributed by atoms with Gasteiger partial charge in [-0.15, -0.1) is 0 Å². The quantitative estimate of drug-likeness (QED) is 0.370. The standard InChI is InChI=1S/C9H19NO5/c1-4(2)10-6-8(13)7(12)5(3-11)15-9(6)14/h4-14H,3H2,1-2H3/t5-,6-,7+,8-,9?/m1/s1. The van der Waals surface area contributed by atoms with Crippen LogP contribution in [0.2, 0.25) is 0 Å². The lowest BCUT2D eigenvalue weighted by atomic mass is 9.96. The van der Waals surface area contributed by atoms with Crippen LogP contribution >= 0.6 is 0 Å². The Labute approximate surface area is 88.5 Å². The predicted molar refractivity (Wildman–Crippen MR) is 52.0 cm³/mol. The molecule has 1 aliphatic heterocycles. The highest BCUT2D eigenvalue weighted by Gasteiger charge is 2.43. The molecular formula is C9H19NO5. The van der Waals surface area contributed by atoms with Crippen molar-refractivity contribution in [1.82, 2.24) is 5.32 Å². The second-order valence-electron chi connectivity index (χ2n) is 4.08. The average molecular weight is 221 g/mol. The molecule has 0 aromatic heterocycles. The number of ether oxygens (including phenoxy) is 1. The second kappa shape index (κ2) is 5.20. The van der Waals surface area contributed by atoms with Gasteiger partial charge in [-0.25, -0.2) is 0 Å². The van der Waals surface area contributed by atoms with Crippen molar-refractivity contribution < 1.29 is 25.2 Å². The first-order valence-corrected chi connectivity index (χ1v) is 5.04. The van der Waals surface area contributed by atoms with Crippen LogP contribution in [0.15, 0.2) is 0 Å². The first-order valence-electron chi connectivity index (χ1n) is 5.04. The molecule has 0 bridgehead atoms. The molecule has 5 atom stereocenters. The van der Waals surface area contributed by atoms with E-state index in [-0.39, 0.29) is 6.04 Å². The zero-order valence-corrected chi connectivity index (χ0v) is 8.87. The van der Waals surface area contributed by atoms with Crippen LogP contribution in [-0.2, 0) is 4.74 Å². The summed E-state index contributed by atoms with van der Waals surface area (Å²) in [5.74, 6) is 0. The van der Waals surface area contributed by atoms with Gasteiger partial charge in [0.2, 0.25) is 0 Å². The SMILES string of the molecule is CC(C)N[C@H]1C(O)O[C@H](CO)[C@H](O)[C@@H]1O. The summed E-state index contributed by atoms with van der Waals surface area (Å²) >= 11 is 0. The van der Waals surface area contributed by atoms with Gasteiger partial charge in [-0.3, -0.25) is 0 Å². The van der Waals surface area contributed by atoms with Crippen LogP contribution < -0.4 is 5.32 Å². The van der Waals surface area contributed by atoms with E-state index >= 15 is 0 Å². The highest BCUT2D eigenvalue weighted by atomic mass is 16.6. The van der Waals surface area contributed by atoms with Gasteiger partial charge in [0.05, 0.1) is 12.6 Å². The smallest absolute Gasteiger partial charge is 0.173 e. The van der Waals surface area contributed by atoms with E-state index < -0.39 is 37.3 Å². The molecule has 0 saturated carbocycles. The van der Waals surface area contributed by atoms with Gasteiger partial charge in [-0.2, -0.15) is 0 Å². The third-order valence-corrected chi connectivity index (χ3v) is 2.43. The molecule has 0 aromatic carbocycles. The van der Waals surface area contributed by atoms with Gasteiger partial charge in [0.25, 0.3) is 0 Å². The van der Waals surface area contributed by atoms with Gasteiger partial charge in [0, 0.05) is 6.04 Å². The van der Waals surface area contributed by atoms with Gasteiger partial charge in [-0.05, 0) is 0 Å². The van der Waals surface area contributed by atoms with E-state index in [4.69, 9.17) is 9.84 Å². The summed E-state index contributed by atoms with van der Waals surface area (Å²) in [6.07, 6.45) is -4.54. The Morgan fingerprint density at radius 2 is 1.80 bits per heavy atom. The molecule has 15 heavy (non-hydrogen) atoms. The molecule has 0 spiro atoms. The molecule has 0 aromatic rings. The molecule has 0 amide bonds. The van der Waals surface area contributed by atoms with Crippen molar-refractivity contribution in [1.29, 1.82) is 0 Å². The molecule has 1 fully saturated rings. The first-order chi connectivity index (χ1) is 6.97. The molecule has 1 rings (SSSR count). The van der Waals surface area contributed by atoms with Crippen molar-refractivity contribution in [2.45, 2.75) is 50.5 Å². The van der Waals surface area contributed by atoms with Crippen molar-refractivity contribution in [3.63, 3.8) is 0 Å². The maximum absolute atomic E-state index is 9.69. The minimum Gasteiger partial charge on any atom is -0.394 e. The summed E-state index contributed by atoms with van der Waals surface area (Å²) < 4.78 is 4.96. The molecule has 1 aliphatic rings. The van der Waals surface area contributed by atoms with E-state index in [1.165, 1.54) is 0 Å². The third kappa shape index (κ3) is 2.87. The summed E-state index contributed by atoms with van der Waals surface area (Å²) in [6, 6.07) is -0.705. The number of hydrogen-bond donors (Lipinski definition) is 5. The maximum Gasteiger partial charge on any atom is 0.173 e. The zero-order chi connectivity index (χ0) is 11.6. The van der Waals surface area contributed by atoms with Crippen LogP contribution in [0, 0.1) is 0 Å². The van der Waals surface area contributed by atoms with Gasteiger partial charge in [-0.1, -0.05) is 13.8 Å². The van der Waals surface area contributed by atoms with E-state index in [1.54, 1.807) is 0 Å². The van der Waals surface area contributed by atoms with Gasteiger partial charge < -0.3 is 30.5 Å². The van der Waals surface area contributed by atoms with Crippen LogP contribution in [0.1, 0.15) is 13.8 Å². The molecule has 0 aliphatic carbocycles. The van der Waals surface area contributed by atoms with E-state index in [9.17, 15) is 15.3 Å². The van der Waals surface area contributed by atoms with Crippen molar-refractivity contribution >= 4 is 0 Å². The number of hydrogen-bond acceptors (Lipinski definition) is 6. The predicted octanol–water partition coefficient (Wildman–Crippen LogP) is -2.22. The van der Waals surface area contributed by atoms with E-state index in [0.29, 0.717) is 0 Å². The van der Waals surface area contributed by atoms with Crippen LogP contribution in [0.3, 0.4) is 0 Å². The monoisotopic (exact) mass is 221 g/mol. The van der Waals surface area contributed by atoms with E-state index in [1.807, 2.05) is 13.8 Å².